The normalized spacial score (nSPS) is 15.7. The maximum atomic E-state index is 12.5. The van der Waals surface area contributed by atoms with Gasteiger partial charge >= 0.3 is 0 Å². The second-order valence-corrected chi connectivity index (χ2v) is 6.78. The monoisotopic (exact) mass is 347 g/mol. The topological polar surface area (TPSA) is 71.3 Å². The average molecular weight is 347 g/mol. The molecule has 0 bridgehead atoms. The quantitative estimate of drug-likeness (QED) is 0.816. The Kier molecular flexibility index (Phi) is 5.06. The van der Waals surface area contributed by atoms with Crippen molar-refractivity contribution in [2.24, 2.45) is 7.05 Å². The molecule has 2 aromatic rings. The third kappa shape index (κ3) is 3.70. The number of thiazole rings is 1. The zero-order valence-corrected chi connectivity index (χ0v) is 14.8. The highest BCUT2D eigenvalue weighted by Crippen LogP contribution is 2.14. The number of amides is 1. The van der Waals surface area contributed by atoms with Gasteiger partial charge in [0.2, 0.25) is 0 Å². The fourth-order valence-electron chi connectivity index (χ4n) is 2.70. The summed E-state index contributed by atoms with van der Waals surface area (Å²) in [6, 6.07) is 2.88. The summed E-state index contributed by atoms with van der Waals surface area (Å²) in [6.07, 6.45) is 0.972. The maximum absolute atomic E-state index is 12.5. The number of hydrogen-bond acceptors (Lipinski definition) is 6. The molecule has 1 aliphatic rings. The Labute approximate surface area is 144 Å². The van der Waals surface area contributed by atoms with Crippen LogP contribution >= 0.6 is 11.3 Å². The standard InChI is InChI=1S/C16H21N5O2S/c1-3-14-17-12(11-24-14)10-20-6-8-21(9-7-20)16(23)13-4-5-15(22)19(2)18-13/h4-5,11H,3,6-10H2,1-2H3. The molecule has 0 saturated carbocycles. The molecule has 0 unspecified atom stereocenters. The van der Waals surface area contributed by atoms with Gasteiger partial charge in [0.1, 0.15) is 5.69 Å². The molecular weight excluding hydrogens is 326 g/mol. The first kappa shape index (κ1) is 16.8. The van der Waals surface area contributed by atoms with E-state index >= 15 is 0 Å². The van der Waals surface area contributed by atoms with E-state index in [1.165, 1.54) is 21.8 Å². The molecule has 0 spiro atoms. The third-order valence-electron chi connectivity index (χ3n) is 4.13. The molecule has 1 saturated heterocycles. The predicted molar refractivity (Wildman–Crippen MR) is 92.2 cm³/mol. The van der Waals surface area contributed by atoms with E-state index in [1.807, 2.05) is 0 Å². The van der Waals surface area contributed by atoms with Crippen molar-refractivity contribution in [1.29, 1.82) is 0 Å². The molecule has 0 aliphatic carbocycles. The molecule has 0 aromatic carbocycles. The van der Waals surface area contributed by atoms with Crippen LogP contribution in [0.25, 0.3) is 0 Å². The van der Waals surface area contributed by atoms with Gasteiger partial charge in [-0.2, -0.15) is 5.10 Å². The summed E-state index contributed by atoms with van der Waals surface area (Å²) < 4.78 is 1.19. The first-order valence-corrected chi connectivity index (χ1v) is 8.94. The van der Waals surface area contributed by atoms with Crippen LogP contribution < -0.4 is 5.56 Å². The van der Waals surface area contributed by atoms with Crippen LogP contribution in [0.4, 0.5) is 0 Å². The summed E-state index contributed by atoms with van der Waals surface area (Å²) in [6.45, 7) is 5.90. The minimum Gasteiger partial charge on any atom is -0.335 e. The van der Waals surface area contributed by atoms with Crippen molar-refractivity contribution in [2.45, 2.75) is 19.9 Å². The molecule has 2 aromatic heterocycles. The van der Waals surface area contributed by atoms with Crippen molar-refractivity contribution in [3.05, 3.63) is 44.3 Å². The Balaban J connectivity index is 1.57. The highest BCUT2D eigenvalue weighted by Gasteiger charge is 2.23. The Bertz CT molecular complexity index is 777. The van der Waals surface area contributed by atoms with Crippen LogP contribution in [0.3, 0.4) is 0 Å². The van der Waals surface area contributed by atoms with Crippen LogP contribution in [0, 0.1) is 0 Å². The van der Waals surface area contributed by atoms with Gasteiger partial charge in [-0.25, -0.2) is 9.67 Å². The predicted octanol–water partition coefficient (Wildman–Crippen LogP) is 0.757. The van der Waals surface area contributed by atoms with Gasteiger partial charge in [0.15, 0.2) is 0 Å². The first-order valence-electron chi connectivity index (χ1n) is 8.06. The molecule has 24 heavy (non-hydrogen) atoms. The SMILES string of the molecule is CCc1nc(CN2CCN(C(=O)c3ccc(=O)n(C)n3)CC2)cs1. The van der Waals surface area contributed by atoms with Crippen molar-refractivity contribution >= 4 is 17.2 Å². The Morgan fingerprint density at radius 2 is 2.00 bits per heavy atom. The molecule has 1 amide bonds. The van der Waals surface area contributed by atoms with Gasteiger partial charge in [-0.05, 0) is 12.5 Å². The lowest BCUT2D eigenvalue weighted by Gasteiger charge is -2.34. The van der Waals surface area contributed by atoms with Crippen molar-refractivity contribution in [3.8, 4) is 0 Å². The lowest BCUT2D eigenvalue weighted by atomic mass is 10.2. The van der Waals surface area contributed by atoms with Crippen molar-refractivity contribution in [3.63, 3.8) is 0 Å². The molecule has 1 aliphatic heterocycles. The maximum Gasteiger partial charge on any atom is 0.274 e. The van der Waals surface area contributed by atoms with Gasteiger partial charge in [-0.3, -0.25) is 14.5 Å². The van der Waals surface area contributed by atoms with Crippen molar-refractivity contribution in [1.82, 2.24) is 24.6 Å². The largest absolute Gasteiger partial charge is 0.335 e. The number of carbonyl (C=O) groups is 1. The lowest BCUT2D eigenvalue weighted by Crippen LogP contribution is -2.48. The number of aromatic nitrogens is 3. The van der Waals surface area contributed by atoms with Crippen LogP contribution in [0.1, 0.15) is 28.1 Å². The first-order chi connectivity index (χ1) is 11.6. The highest BCUT2D eigenvalue weighted by molar-refractivity contribution is 7.09. The molecular formula is C16H21N5O2S. The molecule has 3 rings (SSSR count). The molecule has 8 heteroatoms. The third-order valence-corrected chi connectivity index (χ3v) is 5.17. The zero-order chi connectivity index (χ0) is 17.1. The molecule has 0 radical (unpaired) electrons. The minimum atomic E-state index is -0.217. The number of piperazine rings is 1. The molecule has 0 atom stereocenters. The average Bonchev–Trinajstić information content (AvgIpc) is 3.05. The van der Waals surface area contributed by atoms with E-state index in [-0.39, 0.29) is 11.5 Å². The van der Waals surface area contributed by atoms with Gasteiger partial charge in [0.25, 0.3) is 11.5 Å². The Hall–Kier alpha value is -2.06. The van der Waals surface area contributed by atoms with Crippen LogP contribution in [-0.2, 0) is 20.0 Å². The van der Waals surface area contributed by atoms with Crippen molar-refractivity contribution in [2.75, 3.05) is 26.2 Å². The van der Waals surface area contributed by atoms with Crippen LogP contribution in [-0.4, -0.2) is 56.7 Å². The summed E-state index contributed by atoms with van der Waals surface area (Å²) in [5.41, 5.74) is 1.21. The Morgan fingerprint density at radius 3 is 2.62 bits per heavy atom. The molecule has 128 valence electrons. The van der Waals surface area contributed by atoms with E-state index in [2.05, 4.69) is 27.3 Å². The fraction of sp³-hybridized carbons (Fsp3) is 0.500. The van der Waals surface area contributed by atoms with Gasteiger partial charge < -0.3 is 4.90 Å². The summed E-state index contributed by atoms with van der Waals surface area (Å²) in [5.74, 6) is -0.118. The molecule has 1 fully saturated rings. The summed E-state index contributed by atoms with van der Waals surface area (Å²) in [4.78, 5) is 32.6. The second kappa shape index (κ2) is 7.23. The molecule has 3 heterocycles. The lowest BCUT2D eigenvalue weighted by molar-refractivity contribution is 0.0619. The smallest absolute Gasteiger partial charge is 0.274 e. The number of aryl methyl sites for hydroxylation is 2. The van der Waals surface area contributed by atoms with E-state index in [0.717, 1.165) is 31.7 Å². The Morgan fingerprint density at radius 1 is 1.25 bits per heavy atom. The van der Waals surface area contributed by atoms with Crippen LogP contribution in [0.5, 0.6) is 0 Å². The van der Waals surface area contributed by atoms with E-state index in [0.29, 0.717) is 18.8 Å². The van der Waals surface area contributed by atoms with E-state index in [4.69, 9.17) is 0 Å². The fourth-order valence-corrected chi connectivity index (χ4v) is 3.44. The number of carbonyl (C=O) groups excluding carboxylic acids is 1. The van der Waals surface area contributed by atoms with Gasteiger partial charge in [-0.1, -0.05) is 6.92 Å². The van der Waals surface area contributed by atoms with Gasteiger partial charge in [0, 0.05) is 51.2 Å². The number of rotatable bonds is 4. The van der Waals surface area contributed by atoms with Crippen molar-refractivity contribution < 1.29 is 4.79 Å². The molecule has 0 N–H and O–H groups in total. The summed E-state index contributed by atoms with van der Waals surface area (Å²) in [5, 5.41) is 7.32. The highest BCUT2D eigenvalue weighted by atomic mass is 32.1. The van der Waals surface area contributed by atoms with E-state index < -0.39 is 0 Å². The summed E-state index contributed by atoms with van der Waals surface area (Å²) in [7, 11) is 1.55. The van der Waals surface area contributed by atoms with E-state index in [1.54, 1.807) is 23.3 Å². The summed E-state index contributed by atoms with van der Waals surface area (Å²) >= 11 is 1.70. The zero-order valence-electron chi connectivity index (χ0n) is 13.9. The number of hydrogen-bond donors (Lipinski definition) is 0. The second-order valence-electron chi connectivity index (χ2n) is 5.83. The minimum absolute atomic E-state index is 0.118. The van der Waals surface area contributed by atoms with Gasteiger partial charge in [-0.15, -0.1) is 11.3 Å². The number of nitrogens with zero attached hydrogens (tertiary/aromatic N) is 5. The molecule has 7 nitrogen and oxygen atoms in total. The van der Waals surface area contributed by atoms with Crippen LogP contribution in [0.2, 0.25) is 0 Å². The van der Waals surface area contributed by atoms with E-state index in [9.17, 15) is 9.59 Å². The van der Waals surface area contributed by atoms with Crippen LogP contribution in [0.15, 0.2) is 22.3 Å². The van der Waals surface area contributed by atoms with Gasteiger partial charge in [0.05, 0.1) is 10.7 Å².